The molecule has 0 fully saturated rings. The molecule has 0 unspecified atom stereocenters. The van der Waals surface area contributed by atoms with Crippen molar-refractivity contribution >= 4 is 28.9 Å². The molecular formula is C15H17NOS2. The summed E-state index contributed by atoms with van der Waals surface area (Å²) in [6, 6.07) is 6.05. The molecule has 0 aliphatic carbocycles. The van der Waals surface area contributed by atoms with E-state index in [1.807, 2.05) is 45.9 Å². The van der Waals surface area contributed by atoms with Crippen molar-refractivity contribution in [2.24, 2.45) is 0 Å². The van der Waals surface area contributed by atoms with E-state index in [0.29, 0.717) is 5.75 Å². The lowest BCUT2D eigenvalue weighted by Gasteiger charge is -2.03. The number of aryl methyl sites for hydroxylation is 4. The van der Waals surface area contributed by atoms with Crippen molar-refractivity contribution in [2.75, 3.05) is 5.75 Å². The second-order valence-corrected chi connectivity index (χ2v) is 7.12. The Balaban J connectivity index is 2.06. The summed E-state index contributed by atoms with van der Waals surface area (Å²) < 4.78 is 0. The monoisotopic (exact) mass is 291 g/mol. The summed E-state index contributed by atoms with van der Waals surface area (Å²) in [6.07, 6.45) is 0. The zero-order chi connectivity index (χ0) is 14.0. The van der Waals surface area contributed by atoms with Crippen molar-refractivity contribution in [3.63, 3.8) is 0 Å². The summed E-state index contributed by atoms with van der Waals surface area (Å²) >= 11 is 3.19. The van der Waals surface area contributed by atoms with Gasteiger partial charge >= 0.3 is 0 Å². The fourth-order valence-electron chi connectivity index (χ4n) is 2.00. The van der Waals surface area contributed by atoms with Gasteiger partial charge < -0.3 is 0 Å². The first-order chi connectivity index (χ1) is 8.95. The first kappa shape index (κ1) is 14.3. The van der Waals surface area contributed by atoms with E-state index in [9.17, 15) is 4.79 Å². The van der Waals surface area contributed by atoms with Gasteiger partial charge in [-0.05, 0) is 51.5 Å². The molecule has 19 heavy (non-hydrogen) atoms. The zero-order valence-electron chi connectivity index (χ0n) is 11.6. The van der Waals surface area contributed by atoms with Crippen LogP contribution < -0.4 is 0 Å². The van der Waals surface area contributed by atoms with Gasteiger partial charge in [0.15, 0.2) is 5.78 Å². The number of thioether (sulfide) groups is 1. The molecule has 2 aromatic heterocycles. The van der Waals surface area contributed by atoms with Gasteiger partial charge in [-0.25, -0.2) is 4.98 Å². The predicted molar refractivity (Wildman–Crippen MR) is 82.6 cm³/mol. The van der Waals surface area contributed by atoms with E-state index in [-0.39, 0.29) is 5.78 Å². The third kappa shape index (κ3) is 3.67. The van der Waals surface area contributed by atoms with Crippen LogP contribution in [0.1, 0.15) is 31.4 Å². The molecule has 0 saturated heterocycles. The Morgan fingerprint density at radius 2 is 1.95 bits per heavy atom. The van der Waals surface area contributed by atoms with E-state index >= 15 is 0 Å². The molecule has 0 aliphatic heterocycles. The highest BCUT2D eigenvalue weighted by Crippen LogP contribution is 2.24. The highest BCUT2D eigenvalue weighted by molar-refractivity contribution is 7.99. The fraction of sp³-hybridized carbons (Fsp3) is 0.333. The molecule has 0 spiro atoms. The van der Waals surface area contributed by atoms with Crippen molar-refractivity contribution < 1.29 is 4.79 Å². The van der Waals surface area contributed by atoms with Gasteiger partial charge in [-0.3, -0.25) is 4.79 Å². The Bertz CT molecular complexity index is 596. The lowest BCUT2D eigenvalue weighted by atomic mass is 10.2. The van der Waals surface area contributed by atoms with E-state index < -0.39 is 0 Å². The van der Waals surface area contributed by atoms with Crippen LogP contribution in [0, 0.1) is 27.7 Å². The topological polar surface area (TPSA) is 30.0 Å². The van der Waals surface area contributed by atoms with Crippen LogP contribution in [0.3, 0.4) is 0 Å². The normalized spacial score (nSPS) is 10.7. The highest BCUT2D eigenvalue weighted by atomic mass is 32.2. The van der Waals surface area contributed by atoms with E-state index in [4.69, 9.17) is 0 Å². The number of thiophene rings is 1. The van der Waals surface area contributed by atoms with Gasteiger partial charge in [-0.2, -0.15) is 0 Å². The summed E-state index contributed by atoms with van der Waals surface area (Å²) in [5, 5.41) is 0.926. The molecule has 0 radical (unpaired) electrons. The van der Waals surface area contributed by atoms with Gasteiger partial charge in [0.05, 0.1) is 10.8 Å². The summed E-state index contributed by atoms with van der Waals surface area (Å²) in [5.41, 5.74) is 3.04. The Morgan fingerprint density at radius 3 is 2.53 bits per heavy atom. The quantitative estimate of drug-likeness (QED) is 0.619. The number of carbonyl (C=O) groups excluding carboxylic acids is 1. The number of Topliss-reactive ketones (excluding diaryl/α,β-unsaturated/α-hetero) is 1. The number of nitrogens with zero attached hydrogens (tertiary/aromatic N) is 1. The number of ketones is 1. The Hall–Kier alpha value is -1.13. The lowest BCUT2D eigenvalue weighted by molar-refractivity contribution is 0.102. The number of hydrogen-bond donors (Lipinski definition) is 0. The minimum atomic E-state index is 0.188. The molecule has 0 N–H and O–H groups in total. The van der Waals surface area contributed by atoms with Crippen molar-refractivity contribution in [3.05, 3.63) is 44.8 Å². The minimum Gasteiger partial charge on any atom is -0.293 e. The average Bonchev–Trinajstić information content (AvgIpc) is 2.64. The number of carbonyl (C=O) groups is 1. The SMILES string of the molecule is Cc1cc(C)nc(SCC(=O)c2cc(C)sc2C)c1. The molecular weight excluding hydrogens is 274 g/mol. The van der Waals surface area contributed by atoms with Crippen LogP contribution in [0.25, 0.3) is 0 Å². The van der Waals surface area contributed by atoms with Crippen LogP contribution in [-0.4, -0.2) is 16.5 Å². The molecule has 0 aliphatic rings. The van der Waals surface area contributed by atoms with E-state index in [2.05, 4.69) is 4.98 Å². The van der Waals surface area contributed by atoms with Crippen molar-refractivity contribution in [2.45, 2.75) is 32.7 Å². The molecule has 100 valence electrons. The van der Waals surface area contributed by atoms with Crippen LogP contribution in [0.4, 0.5) is 0 Å². The smallest absolute Gasteiger partial charge is 0.174 e. The second kappa shape index (κ2) is 5.88. The third-order valence-electron chi connectivity index (χ3n) is 2.77. The molecule has 2 aromatic rings. The van der Waals surface area contributed by atoms with Crippen LogP contribution >= 0.6 is 23.1 Å². The third-order valence-corrected chi connectivity index (χ3v) is 4.64. The van der Waals surface area contributed by atoms with E-state index in [1.54, 1.807) is 11.3 Å². The zero-order valence-corrected chi connectivity index (χ0v) is 13.2. The molecule has 0 atom stereocenters. The Morgan fingerprint density at radius 1 is 1.21 bits per heavy atom. The molecule has 0 saturated carbocycles. The Labute approximate surface area is 122 Å². The van der Waals surface area contributed by atoms with Crippen LogP contribution in [0.5, 0.6) is 0 Å². The molecule has 0 amide bonds. The number of aromatic nitrogens is 1. The van der Waals surface area contributed by atoms with Crippen LogP contribution in [-0.2, 0) is 0 Å². The molecule has 4 heteroatoms. The van der Waals surface area contributed by atoms with Crippen LogP contribution in [0.2, 0.25) is 0 Å². The summed E-state index contributed by atoms with van der Waals surface area (Å²) in [7, 11) is 0. The van der Waals surface area contributed by atoms with E-state index in [1.165, 1.54) is 22.2 Å². The minimum absolute atomic E-state index is 0.188. The highest BCUT2D eigenvalue weighted by Gasteiger charge is 2.12. The van der Waals surface area contributed by atoms with Gasteiger partial charge in [0.2, 0.25) is 0 Å². The second-order valence-electron chi connectivity index (χ2n) is 4.66. The predicted octanol–water partition coefficient (Wildman–Crippen LogP) is 4.35. The standard InChI is InChI=1S/C15H17NOS2/c1-9-5-10(2)16-15(6-9)18-8-14(17)13-7-11(3)19-12(13)4/h5-7H,8H2,1-4H3. The van der Waals surface area contributed by atoms with Gasteiger partial charge in [0.1, 0.15) is 0 Å². The largest absolute Gasteiger partial charge is 0.293 e. The van der Waals surface area contributed by atoms with Crippen molar-refractivity contribution in [1.82, 2.24) is 4.98 Å². The molecule has 0 aromatic carbocycles. The first-order valence-electron chi connectivity index (χ1n) is 6.14. The Kier molecular flexibility index (Phi) is 4.42. The number of pyridine rings is 1. The molecule has 2 rings (SSSR count). The average molecular weight is 291 g/mol. The molecule has 0 bridgehead atoms. The summed E-state index contributed by atoms with van der Waals surface area (Å²) in [5.74, 6) is 0.639. The van der Waals surface area contributed by atoms with Gasteiger partial charge in [0, 0.05) is 21.0 Å². The first-order valence-corrected chi connectivity index (χ1v) is 7.94. The lowest BCUT2D eigenvalue weighted by Crippen LogP contribution is -2.03. The maximum Gasteiger partial charge on any atom is 0.174 e. The summed E-state index contributed by atoms with van der Waals surface area (Å²) in [4.78, 5) is 18.9. The number of rotatable bonds is 4. The van der Waals surface area contributed by atoms with Gasteiger partial charge in [-0.15, -0.1) is 11.3 Å². The van der Waals surface area contributed by atoms with Gasteiger partial charge in [-0.1, -0.05) is 11.8 Å². The van der Waals surface area contributed by atoms with Crippen molar-refractivity contribution in [3.8, 4) is 0 Å². The van der Waals surface area contributed by atoms with Crippen LogP contribution in [0.15, 0.2) is 23.2 Å². The fourth-order valence-corrected chi connectivity index (χ4v) is 3.86. The van der Waals surface area contributed by atoms with Gasteiger partial charge in [0.25, 0.3) is 0 Å². The van der Waals surface area contributed by atoms with E-state index in [0.717, 1.165) is 21.2 Å². The molecule has 2 heterocycles. The molecule has 2 nitrogen and oxygen atoms in total. The maximum atomic E-state index is 12.2. The van der Waals surface area contributed by atoms with Crippen molar-refractivity contribution in [1.29, 1.82) is 0 Å². The number of hydrogen-bond acceptors (Lipinski definition) is 4. The maximum absolute atomic E-state index is 12.2. The summed E-state index contributed by atoms with van der Waals surface area (Å²) in [6.45, 7) is 8.07.